The molecule has 27 heavy (non-hydrogen) atoms. The quantitative estimate of drug-likeness (QED) is 0.389. The average Bonchev–Trinajstić information content (AvgIpc) is 3.37. The monoisotopic (exact) mass is 395 g/mol. The van der Waals surface area contributed by atoms with Crippen molar-refractivity contribution in [3.63, 3.8) is 0 Å². The van der Waals surface area contributed by atoms with Gasteiger partial charge in [0.2, 0.25) is 0 Å². The molecule has 0 N–H and O–H groups in total. The first-order valence-electron chi connectivity index (χ1n) is 7.93. The predicted octanol–water partition coefficient (Wildman–Crippen LogP) is 3.86. The molecule has 0 amide bonds. The van der Waals surface area contributed by atoms with Crippen LogP contribution in [0.3, 0.4) is 0 Å². The van der Waals surface area contributed by atoms with Gasteiger partial charge in [-0.1, -0.05) is 18.2 Å². The van der Waals surface area contributed by atoms with E-state index in [0.29, 0.717) is 15.8 Å². The molecule has 0 atom stereocenters. The van der Waals surface area contributed by atoms with Crippen molar-refractivity contribution in [1.29, 1.82) is 0 Å². The van der Waals surface area contributed by atoms with Crippen molar-refractivity contribution in [2.24, 2.45) is 5.10 Å². The maximum absolute atomic E-state index is 12.9. The summed E-state index contributed by atoms with van der Waals surface area (Å²) in [5, 5.41) is 8.73. The van der Waals surface area contributed by atoms with E-state index < -0.39 is 5.97 Å². The van der Waals surface area contributed by atoms with Crippen LogP contribution in [0.1, 0.15) is 15.9 Å². The van der Waals surface area contributed by atoms with Crippen LogP contribution in [0.15, 0.2) is 63.4 Å². The minimum atomic E-state index is -0.400. The summed E-state index contributed by atoms with van der Waals surface area (Å²) in [5.74, 6) is -0.400. The zero-order chi connectivity index (χ0) is 18.8. The van der Waals surface area contributed by atoms with Crippen LogP contribution in [0, 0.1) is 0 Å². The molecule has 4 aromatic rings. The van der Waals surface area contributed by atoms with E-state index in [2.05, 4.69) is 14.8 Å². The third kappa shape index (κ3) is 3.32. The molecule has 0 unspecified atom stereocenters. The second-order valence-corrected chi connectivity index (χ2v) is 7.37. The van der Waals surface area contributed by atoms with Crippen molar-refractivity contribution in [3.05, 3.63) is 75.0 Å². The summed E-state index contributed by atoms with van der Waals surface area (Å²) < 4.78 is 5.89. The van der Waals surface area contributed by atoms with E-state index in [0.717, 1.165) is 16.0 Å². The fraction of sp³-hybridized carbons (Fsp3) is 0.0526. The highest BCUT2D eigenvalue weighted by atomic mass is 32.1. The molecule has 1 aromatic carbocycles. The fourth-order valence-corrected chi connectivity index (χ4v) is 4.29. The van der Waals surface area contributed by atoms with Crippen molar-refractivity contribution < 1.29 is 9.53 Å². The number of carbonyl (C=O) groups excluding carboxylic acids is 1. The SMILES string of the molecule is COC(=O)c1ccc(/C=N\n2cnc3scc(-c4cccs4)c3c2=O)cc1. The Hall–Kier alpha value is -3.10. The minimum Gasteiger partial charge on any atom is -0.465 e. The standard InChI is InChI=1S/C19H13N3O3S2/c1-25-19(24)13-6-4-12(5-7-13)9-21-22-11-20-17-16(18(22)23)14(10-27-17)15-3-2-8-26-15/h2-11H,1H3/b21-9-. The number of hydrogen-bond acceptors (Lipinski definition) is 7. The van der Waals surface area contributed by atoms with Crippen LogP contribution in [-0.2, 0) is 4.74 Å². The van der Waals surface area contributed by atoms with Crippen LogP contribution in [0.25, 0.3) is 20.7 Å². The molecule has 0 fully saturated rings. The molecule has 0 radical (unpaired) electrons. The lowest BCUT2D eigenvalue weighted by molar-refractivity contribution is 0.0600. The van der Waals surface area contributed by atoms with Gasteiger partial charge in [-0.3, -0.25) is 4.79 Å². The molecule has 0 aliphatic carbocycles. The lowest BCUT2D eigenvalue weighted by Crippen LogP contribution is -2.16. The summed E-state index contributed by atoms with van der Waals surface area (Å²) in [7, 11) is 1.34. The van der Waals surface area contributed by atoms with Crippen LogP contribution in [0.5, 0.6) is 0 Å². The summed E-state index contributed by atoms with van der Waals surface area (Å²) in [6, 6.07) is 10.7. The molecular formula is C19H13N3O3S2. The summed E-state index contributed by atoms with van der Waals surface area (Å²) in [5.41, 5.74) is 1.87. The van der Waals surface area contributed by atoms with Gasteiger partial charge in [0.1, 0.15) is 11.2 Å². The zero-order valence-electron chi connectivity index (χ0n) is 14.2. The maximum atomic E-state index is 12.9. The molecule has 8 heteroatoms. The van der Waals surface area contributed by atoms with Crippen molar-refractivity contribution in [2.75, 3.05) is 7.11 Å². The highest BCUT2D eigenvalue weighted by Crippen LogP contribution is 2.33. The summed E-state index contributed by atoms with van der Waals surface area (Å²) in [6.07, 6.45) is 2.96. The van der Waals surface area contributed by atoms with Gasteiger partial charge in [0.15, 0.2) is 0 Å². The second-order valence-electron chi connectivity index (χ2n) is 5.56. The largest absolute Gasteiger partial charge is 0.465 e. The summed E-state index contributed by atoms with van der Waals surface area (Å²) in [6.45, 7) is 0. The fourth-order valence-electron chi connectivity index (χ4n) is 2.57. The highest BCUT2D eigenvalue weighted by Gasteiger charge is 2.13. The molecular weight excluding hydrogens is 382 g/mol. The molecule has 0 saturated heterocycles. The average molecular weight is 395 g/mol. The summed E-state index contributed by atoms with van der Waals surface area (Å²) >= 11 is 3.02. The zero-order valence-corrected chi connectivity index (χ0v) is 15.8. The molecule has 0 saturated carbocycles. The molecule has 0 aliphatic heterocycles. The van der Waals surface area contributed by atoms with Gasteiger partial charge < -0.3 is 4.74 Å². The first-order valence-corrected chi connectivity index (χ1v) is 9.69. The molecule has 4 rings (SSSR count). The molecule has 0 spiro atoms. The Morgan fingerprint density at radius 3 is 2.74 bits per heavy atom. The van der Waals surface area contributed by atoms with Crippen LogP contribution in [0.4, 0.5) is 0 Å². The predicted molar refractivity (Wildman–Crippen MR) is 108 cm³/mol. The molecule has 134 valence electrons. The van der Waals surface area contributed by atoms with Crippen LogP contribution in [-0.4, -0.2) is 29.0 Å². The number of carbonyl (C=O) groups is 1. The topological polar surface area (TPSA) is 73.5 Å². The van der Waals surface area contributed by atoms with E-state index in [-0.39, 0.29) is 5.56 Å². The van der Waals surface area contributed by atoms with Gasteiger partial charge in [-0.05, 0) is 29.1 Å². The summed E-state index contributed by atoms with van der Waals surface area (Å²) in [4.78, 5) is 30.4. The van der Waals surface area contributed by atoms with Crippen molar-refractivity contribution in [3.8, 4) is 10.4 Å². The van der Waals surface area contributed by atoms with E-state index >= 15 is 0 Å². The van der Waals surface area contributed by atoms with E-state index in [1.54, 1.807) is 41.8 Å². The number of rotatable bonds is 4. The van der Waals surface area contributed by atoms with E-state index in [1.807, 2.05) is 22.9 Å². The van der Waals surface area contributed by atoms with Gasteiger partial charge in [0.05, 0.1) is 24.3 Å². The Balaban J connectivity index is 1.69. The molecule has 0 bridgehead atoms. The number of hydrogen-bond donors (Lipinski definition) is 0. The normalized spacial score (nSPS) is 11.3. The van der Waals surface area contributed by atoms with Crippen LogP contribution < -0.4 is 5.56 Å². The lowest BCUT2D eigenvalue weighted by atomic mass is 10.1. The Bertz CT molecular complexity index is 1190. The number of benzene rings is 1. The van der Waals surface area contributed by atoms with Gasteiger partial charge in [0.25, 0.3) is 5.56 Å². The number of esters is 1. The van der Waals surface area contributed by atoms with Crippen LogP contribution in [0.2, 0.25) is 0 Å². The Labute approximate surface area is 162 Å². The maximum Gasteiger partial charge on any atom is 0.337 e. The van der Waals surface area contributed by atoms with Gasteiger partial charge >= 0.3 is 5.97 Å². The third-order valence-electron chi connectivity index (χ3n) is 3.93. The van der Waals surface area contributed by atoms with Gasteiger partial charge in [-0.25, -0.2) is 9.78 Å². The number of nitrogens with zero attached hydrogens (tertiary/aromatic N) is 3. The first kappa shape index (κ1) is 17.3. The molecule has 6 nitrogen and oxygen atoms in total. The van der Waals surface area contributed by atoms with Crippen molar-refractivity contribution in [1.82, 2.24) is 9.66 Å². The number of aromatic nitrogens is 2. The third-order valence-corrected chi connectivity index (χ3v) is 5.72. The van der Waals surface area contributed by atoms with Crippen molar-refractivity contribution in [2.45, 2.75) is 0 Å². The van der Waals surface area contributed by atoms with Crippen molar-refractivity contribution >= 4 is 45.1 Å². The molecule has 0 aliphatic rings. The number of thiophene rings is 2. The van der Waals surface area contributed by atoms with Crippen LogP contribution >= 0.6 is 22.7 Å². The Morgan fingerprint density at radius 2 is 2.04 bits per heavy atom. The molecule has 3 aromatic heterocycles. The Morgan fingerprint density at radius 1 is 1.22 bits per heavy atom. The van der Waals surface area contributed by atoms with Gasteiger partial charge in [-0.15, -0.1) is 22.7 Å². The number of methoxy groups -OCH3 is 1. The van der Waals surface area contributed by atoms with Gasteiger partial charge in [0, 0.05) is 15.8 Å². The van der Waals surface area contributed by atoms with E-state index in [4.69, 9.17) is 0 Å². The smallest absolute Gasteiger partial charge is 0.337 e. The number of ether oxygens (including phenoxy) is 1. The minimum absolute atomic E-state index is 0.216. The first-order chi connectivity index (χ1) is 13.2. The van der Waals surface area contributed by atoms with E-state index in [1.165, 1.54) is 29.5 Å². The van der Waals surface area contributed by atoms with E-state index in [9.17, 15) is 9.59 Å². The molecule has 3 heterocycles. The second kappa shape index (κ2) is 7.26. The van der Waals surface area contributed by atoms with Gasteiger partial charge in [-0.2, -0.15) is 9.78 Å². The lowest BCUT2D eigenvalue weighted by Gasteiger charge is -2.01. The highest BCUT2D eigenvalue weighted by molar-refractivity contribution is 7.18. The Kier molecular flexibility index (Phi) is 4.66. The number of fused-ring (bicyclic) bond motifs is 1.